The van der Waals surface area contributed by atoms with Gasteiger partial charge in [0.25, 0.3) is 0 Å². The minimum atomic E-state index is -0.870. The van der Waals surface area contributed by atoms with Crippen molar-refractivity contribution in [2.45, 2.75) is 38.9 Å². The molecule has 0 fully saturated rings. The first-order chi connectivity index (χ1) is 8.29. The summed E-state index contributed by atoms with van der Waals surface area (Å²) in [6.45, 7) is 7.34. The lowest BCUT2D eigenvalue weighted by molar-refractivity contribution is -0.0893. The molecule has 0 spiro atoms. The summed E-state index contributed by atoms with van der Waals surface area (Å²) >= 11 is 0. The van der Waals surface area contributed by atoms with Crippen LogP contribution in [0.5, 0.6) is 0 Å². The molecule has 3 nitrogen and oxygen atoms in total. The van der Waals surface area contributed by atoms with Gasteiger partial charge in [-0.15, -0.1) is 0 Å². The van der Waals surface area contributed by atoms with Crippen molar-refractivity contribution in [1.82, 2.24) is 4.98 Å². The highest BCUT2D eigenvalue weighted by Gasteiger charge is 2.35. The SMILES string of the molecule is CC(C)(O)C(C)(C)OBc1ccc2[nH]ccc2c1. The first-order valence-electron chi connectivity index (χ1n) is 6.22. The van der Waals surface area contributed by atoms with Crippen molar-refractivity contribution in [2.75, 3.05) is 0 Å². The molecule has 0 saturated heterocycles. The predicted molar refractivity (Wildman–Crippen MR) is 76.5 cm³/mol. The molecule has 0 aliphatic carbocycles. The van der Waals surface area contributed by atoms with E-state index < -0.39 is 11.2 Å². The molecule has 18 heavy (non-hydrogen) atoms. The molecule has 1 aromatic carbocycles. The Morgan fingerprint density at radius 1 is 1.17 bits per heavy atom. The van der Waals surface area contributed by atoms with Crippen molar-refractivity contribution in [3.05, 3.63) is 30.5 Å². The Morgan fingerprint density at radius 3 is 2.56 bits per heavy atom. The van der Waals surface area contributed by atoms with Crippen molar-refractivity contribution in [2.24, 2.45) is 0 Å². The maximum atomic E-state index is 10.0. The van der Waals surface area contributed by atoms with Crippen LogP contribution in [0.15, 0.2) is 30.5 Å². The Labute approximate surface area is 108 Å². The summed E-state index contributed by atoms with van der Waals surface area (Å²) in [6, 6.07) is 8.23. The molecule has 0 aliphatic rings. The van der Waals surface area contributed by atoms with Crippen molar-refractivity contribution in [3.63, 3.8) is 0 Å². The van der Waals surface area contributed by atoms with Crippen LogP contribution in [0.1, 0.15) is 27.7 Å². The molecule has 0 unspecified atom stereocenters. The molecule has 0 aliphatic heterocycles. The number of aromatic nitrogens is 1. The van der Waals surface area contributed by atoms with E-state index in [-0.39, 0.29) is 0 Å². The van der Waals surface area contributed by atoms with E-state index in [0.717, 1.165) is 11.0 Å². The second kappa shape index (κ2) is 4.45. The lowest BCUT2D eigenvalue weighted by Crippen LogP contribution is -2.49. The fraction of sp³-hybridized carbons (Fsp3) is 0.429. The minimum Gasteiger partial charge on any atom is -0.427 e. The average Bonchev–Trinajstić information content (AvgIpc) is 2.71. The van der Waals surface area contributed by atoms with E-state index in [2.05, 4.69) is 11.1 Å². The van der Waals surface area contributed by atoms with Crippen molar-refractivity contribution in [1.29, 1.82) is 0 Å². The van der Waals surface area contributed by atoms with Gasteiger partial charge in [-0.2, -0.15) is 0 Å². The van der Waals surface area contributed by atoms with Crippen molar-refractivity contribution in [3.8, 4) is 0 Å². The topological polar surface area (TPSA) is 45.2 Å². The van der Waals surface area contributed by atoms with Crippen LogP contribution < -0.4 is 5.46 Å². The molecule has 0 amide bonds. The summed E-state index contributed by atoms with van der Waals surface area (Å²) < 4.78 is 5.85. The van der Waals surface area contributed by atoms with Gasteiger partial charge in [0.15, 0.2) is 0 Å². The van der Waals surface area contributed by atoms with Crippen LogP contribution in [0.2, 0.25) is 0 Å². The summed E-state index contributed by atoms with van der Waals surface area (Å²) in [5, 5.41) is 11.2. The summed E-state index contributed by atoms with van der Waals surface area (Å²) in [4.78, 5) is 3.16. The molecule has 2 rings (SSSR count). The van der Waals surface area contributed by atoms with E-state index in [9.17, 15) is 5.11 Å². The van der Waals surface area contributed by atoms with E-state index in [1.807, 2.05) is 38.2 Å². The van der Waals surface area contributed by atoms with Crippen LogP contribution in [-0.2, 0) is 4.65 Å². The first-order valence-corrected chi connectivity index (χ1v) is 6.22. The molecule has 96 valence electrons. The monoisotopic (exact) mass is 245 g/mol. The van der Waals surface area contributed by atoms with Gasteiger partial charge in [-0.3, -0.25) is 0 Å². The normalized spacial score (nSPS) is 12.9. The first kappa shape index (κ1) is 13.2. The Balaban J connectivity index is 2.10. The van der Waals surface area contributed by atoms with E-state index in [1.54, 1.807) is 13.8 Å². The molecule has 0 radical (unpaired) electrons. The van der Waals surface area contributed by atoms with E-state index in [4.69, 9.17) is 4.65 Å². The molecule has 2 aromatic rings. The number of fused-ring (bicyclic) bond motifs is 1. The fourth-order valence-electron chi connectivity index (χ4n) is 1.63. The zero-order chi connectivity index (χ0) is 13.4. The summed E-state index contributed by atoms with van der Waals surface area (Å²) in [5.74, 6) is 0. The van der Waals surface area contributed by atoms with E-state index in [1.165, 1.54) is 5.39 Å². The Kier molecular flexibility index (Phi) is 3.26. The highest BCUT2D eigenvalue weighted by Crippen LogP contribution is 2.24. The molecule has 2 N–H and O–H groups in total. The molecule has 4 heteroatoms. The lowest BCUT2D eigenvalue weighted by Gasteiger charge is -2.37. The van der Waals surface area contributed by atoms with Crippen LogP contribution >= 0.6 is 0 Å². The van der Waals surface area contributed by atoms with Crippen LogP contribution in [0, 0.1) is 0 Å². The van der Waals surface area contributed by atoms with Gasteiger partial charge in [-0.25, -0.2) is 0 Å². The second-order valence-corrected chi connectivity index (χ2v) is 5.76. The molecule has 0 saturated carbocycles. The van der Waals surface area contributed by atoms with Gasteiger partial charge in [0.05, 0.1) is 11.2 Å². The number of nitrogens with one attached hydrogen (secondary N) is 1. The standard InChI is InChI=1S/C14H20BNO2/c1-13(2,17)14(3,4)18-15-11-5-6-12-10(9-11)7-8-16-12/h5-9,15-17H,1-4H3. The van der Waals surface area contributed by atoms with Gasteiger partial charge < -0.3 is 14.7 Å². The number of aromatic amines is 1. The van der Waals surface area contributed by atoms with Gasteiger partial charge >= 0.3 is 7.48 Å². The fourth-order valence-corrected chi connectivity index (χ4v) is 1.63. The molecular formula is C14H20BNO2. The zero-order valence-electron chi connectivity index (χ0n) is 11.4. The average molecular weight is 245 g/mol. The van der Waals surface area contributed by atoms with Crippen molar-refractivity contribution >= 4 is 23.8 Å². The van der Waals surface area contributed by atoms with Gasteiger partial charge in [-0.1, -0.05) is 17.6 Å². The summed E-state index contributed by atoms with van der Waals surface area (Å²) in [5.41, 5.74) is 0.783. The maximum Gasteiger partial charge on any atom is 0.309 e. The third kappa shape index (κ3) is 2.60. The van der Waals surface area contributed by atoms with Crippen molar-refractivity contribution < 1.29 is 9.76 Å². The van der Waals surface area contributed by atoms with E-state index >= 15 is 0 Å². The third-order valence-electron chi connectivity index (χ3n) is 3.69. The number of aliphatic hydroxyl groups is 1. The largest absolute Gasteiger partial charge is 0.427 e. The Bertz CT molecular complexity index is 540. The second-order valence-electron chi connectivity index (χ2n) is 5.76. The number of rotatable bonds is 4. The quantitative estimate of drug-likeness (QED) is 0.805. The minimum absolute atomic E-state index is 0.498. The van der Waals surface area contributed by atoms with Gasteiger partial charge in [0, 0.05) is 11.7 Å². The van der Waals surface area contributed by atoms with Gasteiger partial charge in [0.2, 0.25) is 0 Å². The van der Waals surface area contributed by atoms with Crippen LogP contribution in [-0.4, -0.2) is 28.8 Å². The van der Waals surface area contributed by atoms with E-state index in [0.29, 0.717) is 7.48 Å². The predicted octanol–water partition coefficient (Wildman–Crippen LogP) is 1.71. The Morgan fingerprint density at radius 2 is 1.89 bits per heavy atom. The molecule has 0 bridgehead atoms. The highest BCUT2D eigenvalue weighted by atomic mass is 16.5. The smallest absolute Gasteiger partial charge is 0.309 e. The maximum absolute atomic E-state index is 10.0. The molecular weight excluding hydrogens is 225 g/mol. The highest BCUT2D eigenvalue weighted by molar-refractivity contribution is 6.47. The zero-order valence-corrected chi connectivity index (χ0v) is 11.4. The van der Waals surface area contributed by atoms with Crippen LogP contribution in [0.3, 0.4) is 0 Å². The van der Waals surface area contributed by atoms with Gasteiger partial charge in [0.1, 0.15) is 0 Å². The Hall–Kier alpha value is -1.26. The third-order valence-corrected chi connectivity index (χ3v) is 3.69. The molecule has 0 atom stereocenters. The number of hydrogen-bond acceptors (Lipinski definition) is 2. The van der Waals surface area contributed by atoms with Gasteiger partial charge in [-0.05, 0) is 45.2 Å². The van der Waals surface area contributed by atoms with Crippen LogP contribution in [0.25, 0.3) is 10.9 Å². The summed E-state index contributed by atoms with van der Waals surface area (Å²) in [7, 11) is 0.498. The van der Waals surface area contributed by atoms with Crippen LogP contribution in [0.4, 0.5) is 0 Å². The molecule has 1 aromatic heterocycles. The summed E-state index contributed by atoms with van der Waals surface area (Å²) in [6.07, 6.45) is 1.93. The number of H-pyrrole nitrogens is 1. The lowest BCUT2D eigenvalue weighted by atomic mass is 9.82. The number of benzene rings is 1. The molecule has 1 heterocycles. The number of hydrogen-bond donors (Lipinski definition) is 2.